The molecule has 6 heteroatoms. The first-order valence-corrected chi connectivity index (χ1v) is 9.80. The average Bonchev–Trinajstić information content (AvgIpc) is 2.71. The van der Waals surface area contributed by atoms with Gasteiger partial charge in [-0.25, -0.2) is 0 Å². The number of hydrogen-bond acceptors (Lipinski definition) is 6. The summed E-state index contributed by atoms with van der Waals surface area (Å²) in [5.74, 6) is -2.99. The highest BCUT2D eigenvalue weighted by atomic mass is 16.8. The second kappa shape index (κ2) is 4.13. The summed E-state index contributed by atoms with van der Waals surface area (Å²) in [5, 5.41) is 34.3. The van der Waals surface area contributed by atoms with Crippen molar-refractivity contribution in [3.05, 3.63) is 12.2 Å². The highest BCUT2D eigenvalue weighted by molar-refractivity contribution is 6.05. The van der Waals surface area contributed by atoms with Crippen LogP contribution in [0.25, 0.3) is 0 Å². The van der Waals surface area contributed by atoms with Gasteiger partial charge in [-0.2, -0.15) is 0 Å². The molecule has 26 heavy (non-hydrogen) atoms. The maximum absolute atomic E-state index is 13.4. The Bertz CT molecular complexity index is 761. The van der Waals surface area contributed by atoms with Crippen molar-refractivity contribution in [3.8, 4) is 0 Å². The molecule has 8 fully saturated rings. The van der Waals surface area contributed by atoms with Crippen molar-refractivity contribution < 1.29 is 29.6 Å². The van der Waals surface area contributed by atoms with Gasteiger partial charge in [-0.1, -0.05) is 20.4 Å². The molecule has 4 aliphatic heterocycles. The molecule has 4 saturated carbocycles. The lowest BCUT2D eigenvalue weighted by Gasteiger charge is -2.79. The average molecular weight is 362 g/mol. The quantitative estimate of drug-likeness (QED) is 0.550. The maximum Gasteiger partial charge on any atom is 0.211 e. The number of rotatable bonds is 0. The van der Waals surface area contributed by atoms with E-state index in [-0.39, 0.29) is 23.0 Å². The van der Waals surface area contributed by atoms with Gasteiger partial charge >= 0.3 is 0 Å². The molecule has 7 bridgehead atoms. The van der Waals surface area contributed by atoms with E-state index >= 15 is 0 Å². The van der Waals surface area contributed by atoms with Crippen LogP contribution in [-0.2, 0) is 14.3 Å². The van der Waals surface area contributed by atoms with E-state index in [9.17, 15) is 20.1 Å². The molecule has 2 spiro atoms. The number of Topliss-reactive ketones (excluding diaryl/α,β-unsaturated/α-hetero) is 1. The fraction of sp³-hybridized carbons (Fsp3) is 0.850. The lowest BCUT2D eigenvalue weighted by molar-refractivity contribution is -0.556. The Morgan fingerprint density at radius 2 is 1.92 bits per heavy atom. The Balaban J connectivity index is 1.70. The molecule has 0 amide bonds. The molecule has 0 aromatic rings. The Morgan fingerprint density at radius 1 is 1.19 bits per heavy atom. The summed E-state index contributed by atoms with van der Waals surface area (Å²) < 4.78 is 12.3. The van der Waals surface area contributed by atoms with Gasteiger partial charge in [0.15, 0.2) is 12.1 Å². The number of ether oxygens (including phenoxy) is 2. The van der Waals surface area contributed by atoms with Gasteiger partial charge in [0.1, 0.15) is 11.5 Å². The number of aliphatic hydroxyl groups is 3. The summed E-state index contributed by atoms with van der Waals surface area (Å²) in [5.41, 5.74) is -2.03. The summed E-state index contributed by atoms with van der Waals surface area (Å²) in [6.45, 7) is 8.14. The minimum absolute atomic E-state index is 0.133. The van der Waals surface area contributed by atoms with Crippen LogP contribution in [0.2, 0.25) is 0 Å². The molecule has 8 rings (SSSR count). The third-order valence-corrected chi connectivity index (χ3v) is 9.14. The predicted molar refractivity (Wildman–Crippen MR) is 88.4 cm³/mol. The number of hydrogen-bond donors (Lipinski definition) is 3. The molecule has 8 aliphatic rings. The van der Waals surface area contributed by atoms with Gasteiger partial charge in [0, 0.05) is 11.8 Å². The molecule has 142 valence electrons. The third-order valence-electron chi connectivity index (χ3n) is 9.14. The van der Waals surface area contributed by atoms with Crippen molar-refractivity contribution in [2.75, 3.05) is 0 Å². The van der Waals surface area contributed by atoms with E-state index in [2.05, 4.69) is 20.4 Å². The van der Waals surface area contributed by atoms with E-state index < -0.39 is 47.1 Å². The van der Waals surface area contributed by atoms with Crippen LogP contribution >= 0.6 is 0 Å². The second-order valence-electron chi connectivity index (χ2n) is 10.1. The van der Waals surface area contributed by atoms with Crippen LogP contribution < -0.4 is 0 Å². The van der Waals surface area contributed by atoms with Crippen molar-refractivity contribution in [3.63, 3.8) is 0 Å². The van der Waals surface area contributed by atoms with Gasteiger partial charge < -0.3 is 24.8 Å². The normalized spacial score (nSPS) is 64.0. The van der Waals surface area contributed by atoms with Gasteiger partial charge in [0.2, 0.25) is 5.79 Å². The first-order valence-electron chi connectivity index (χ1n) is 9.80. The smallest absolute Gasteiger partial charge is 0.211 e. The Labute approximate surface area is 152 Å². The van der Waals surface area contributed by atoms with Crippen LogP contribution in [0.15, 0.2) is 12.2 Å². The zero-order valence-electron chi connectivity index (χ0n) is 15.1. The summed E-state index contributed by atoms with van der Waals surface area (Å²) >= 11 is 0. The topological polar surface area (TPSA) is 96.2 Å². The molecule has 2 unspecified atom stereocenters. The van der Waals surface area contributed by atoms with Crippen LogP contribution in [0, 0.1) is 34.0 Å². The zero-order chi connectivity index (χ0) is 18.4. The minimum Gasteiger partial charge on any atom is -0.392 e. The summed E-state index contributed by atoms with van der Waals surface area (Å²) in [6.07, 6.45) is -0.473. The first-order chi connectivity index (χ1) is 12.1. The first kappa shape index (κ1) is 16.2. The van der Waals surface area contributed by atoms with Crippen molar-refractivity contribution in [1.29, 1.82) is 0 Å². The van der Waals surface area contributed by atoms with Crippen LogP contribution in [-0.4, -0.2) is 51.5 Å². The van der Waals surface area contributed by atoms with Crippen LogP contribution in [0.3, 0.4) is 0 Å². The van der Waals surface area contributed by atoms with Crippen LogP contribution in [0.1, 0.15) is 39.5 Å². The molecular weight excluding hydrogens is 336 g/mol. The largest absolute Gasteiger partial charge is 0.392 e. The fourth-order valence-corrected chi connectivity index (χ4v) is 8.38. The van der Waals surface area contributed by atoms with Gasteiger partial charge in [0.25, 0.3) is 0 Å². The van der Waals surface area contributed by atoms with Crippen molar-refractivity contribution in [2.24, 2.45) is 34.0 Å². The molecule has 3 N–H and O–H groups in total. The minimum atomic E-state index is -1.97. The predicted octanol–water partition coefficient (Wildman–Crippen LogP) is 0.740. The molecule has 0 aromatic carbocycles. The summed E-state index contributed by atoms with van der Waals surface area (Å²) in [4.78, 5) is 13.4. The van der Waals surface area contributed by atoms with E-state index in [0.717, 1.165) is 12.8 Å². The van der Waals surface area contributed by atoms with Gasteiger partial charge in [0.05, 0.1) is 17.6 Å². The lowest BCUT2D eigenvalue weighted by atomic mass is 9.34. The molecule has 6 nitrogen and oxygen atoms in total. The zero-order valence-corrected chi connectivity index (χ0v) is 15.1. The number of ketones is 1. The van der Waals surface area contributed by atoms with Gasteiger partial charge in [-0.3, -0.25) is 4.79 Å². The molecule has 4 saturated heterocycles. The van der Waals surface area contributed by atoms with Gasteiger partial charge in [-0.05, 0) is 42.6 Å². The monoisotopic (exact) mass is 362 g/mol. The highest BCUT2D eigenvalue weighted by Gasteiger charge is 2.92. The van der Waals surface area contributed by atoms with E-state index in [4.69, 9.17) is 9.47 Å². The Hall–Kier alpha value is -0.790. The van der Waals surface area contributed by atoms with E-state index in [1.54, 1.807) is 0 Å². The van der Waals surface area contributed by atoms with Crippen molar-refractivity contribution >= 4 is 5.78 Å². The Kier molecular flexibility index (Phi) is 2.57. The van der Waals surface area contributed by atoms with Crippen molar-refractivity contribution in [1.82, 2.24) is 0 Å². The fourth-order valence-electron chi connectivity index (χ4n) is 8.38. The number of carbonyl (C=O) groups excluding carboxylic acids is 1. The third kappa shape index (κ3) is 1.19. The highest BCUT2D eigenvalue weighted by Crippen LogP contribution is 2.81. The summed E-state index contributed by atoms with van der Waals surface area (Å²) in [6, 6.07) is 0. The molecule has 4 aliphatic carbocycles. The van der Waals surface area contributed by atoms with E-state index in [0.29, 0.717) is 18.4 Å². The molecule has 0 radical (unpaired) electrons. The van der Waals surface area contributed by atoms with Crippen LogP contribution in [0.4, 0.5) is 0 Å². The molecular formula is C20H26O6. The maximum atomic E-state index is 13.4. The molecule has 10 atom stereocenters. The van der Waals surface area contributed by atoms with Crippen LogP contribution in [0.5, 0.6) is 0 Å². The Morgan fingerprint density at radius 3 is 2.65 bits per heavy atom. The van der Waals surface area contributed by atoms with Crippen molar-refractivity contribution in [2.45, 2.75) is 69.9 Å². The standard InChI is InChI=1S/C20H26O6/c1-8-9-4-5-10-18-11(21)6-7-17(2,3)12(18)14(23)20(24)19(10,13(8)22)15(9)25-16(18)26-20/h9-12,14-16,21,23-24H,1,4-7H2,2-3H3/t9-,10-,11-,12+,14-,15?,16?,18-,19-,20-/m0/s1. The molecule has 4 heterocycles. The summed E-state index contributed by atoms with van der Waals surface area (Å²) in [7, 11) is 0. The van der Waals surface area contributed by atoms with Gasteiger partial charge in [-0.15, -0.1) is 0 Å². The van der Waals surface area contributed by atoms with E-state index in [1.807, 2.05) is 0 Å². The number of aliphatic hydroxyl groups excluding tert-OH is 2. The van der Waals surface area contributed by atoms with E-state index in [1.165, 1.54) is 0 Å². The number of carbonyl (C=O) groups is 1. The second-order valence-corrected chi connectivity index (χ2v) is 10.1. The lowest BCUT2D eigenvalue weighted by Crippen LogP contribution is -2.91. The molecule has 0 aromatic heterocycles. The SMILES string of the molecule is C=C1C(=O)[C@@]23C4OC5O[C@@]2(O)[C@@H](O)[C@@H]2C(C)(C)CC[C@H](O)[C@]52[C@@H]3CC[C@@H]14.